The predicted molar refractivity (Wildman–Crippen MR) is 93.9 cm³/mol. The Morgan fingerprint density at radius 3 is 2.68 bits per heavy atom. The molecule has 0 aliphatic carbocycles. The second-order valence-corrected chi connectivity index (χ2v) is 5.59. The molecule has 1 aromatic heterocycles. The summed E-state index contributed by atoms with van der Waals surface area (Å²) in [6.07, 6.45) is 0.296. The molecular formula is C19H20N2O4. The summed E-state index contributed by atoms with van der Waals surface area (Å²) in [4.78, 5) is 16.3. The van der Waals surface area contributed by atoms with Crippen LogP contribution in [-0.2, 0) is 11.2 Å². The molecule has 1 amide bonds. The molecule has 0 radical (unpaired) electrons. The lowest BCUT2D eigenvalue weighted by Crippen LogP contribution is -2.29. The molecule has 6 heteroatoms. The second-order valence-electron chi connectivity index (χ2n) is 5.59. The van der Waals surface area contributed by atoms with Gasteiger partial charge in [-0.05, 0) is 42.0 Å². The van der Waals surface area contributed by atoms with Gasteiger partial charge in [0.05, 0.1) is 20.1 Å². The number of carbonyl (C=O) groups excluding carboxylic acids is 1. The molecule has 0 unspecified atom stereocenters. The molecule has 6 nitrogen and oxygen atoms in total. The van der Waals surface area contributed by atoms with E-state index in [2.05, 4.69) is 10.3 Å². The van der Waals surface area contributed by atoms with E-state index in [4.69, 9.17) is 13.9 Å². The second kappa shape index (κ2) is 7.70. The monoisotopic (exact) mass is 340 g/mol. The zero-order chi connectivity index (χ0) is 17.6. The van der Waals surface area contributed by atoms with E-state index in [1.54, 1.807) is 14.0 Å². The fourth-order valence-electron chi connectivity index (χ4n) is 2.48. The third-order valence-electron chi connectivity index (χ3n) is 3.68. The van der Waals surface area contributed by atoms with Gasteiger partial charge in [-0.25, -0.2) is 4.98 Å². The zero-order valence-electron chi connectivity index (χ0n) is 14.2. The van der Waals surface area contributed by atoms with Crippen molar-refractivity contribution in [1.82, 2.24) is 10.3 Å². The molecule has 0 saturated carbocycles. The van der Waals surface area contributed by atoms with Gasteiger partial charge < -0.3 is 19.2 Å². The standard InChI is InChI=1S/C19H20N2O4/c1-13-21-17-11-14(3-8-18(17)25-13)12-19(22)20-9-10-24-16-6-4-15(23-2)5-7-16/h3-8,11H,9-10,12H2,1-2H3,(H,20,22). The molecule has 0 aliphatic rings. The van der Waals surface area contributed by atoms with Gasteiger partial charge in [-0.3, -0.25) is 4.79 Å². The number of fused-ring (bicyclic) bond motifs is 1. The largest absolute Gasteiger partial charge is 0.497 e. The average Bonchev–Trinajstić information content (AvgIpc) is 2.98. The molecule has 130 valence electrons. The number of benzene rings is 2. The van der Waals surface area contributed by atoms with E-state index >= 15 is 0 Å². The molecule has 0 aliphatic heterocycles. The van der Waals surface area contributed by atoms with Gasteiger partial charge >= 0.3 is 0 Å². The Bertz CT molecular complexity index is 855. The van der Waals surface area contributed by atoms with Crippen LogP contribution in [-0.4, -0.2) is 31.2 Å². The van der Waals surface area contributed by atoms with E-state index in [0.29, 0.717) is 25.5 Å². The molecule has 0 atom stereocenters. The lowest BCUT2D eigenvalue weighted by molar-refractivity contribution is -0.120. The van der Waals surface area contributed by atoms with E-state index in [9.17, 15) is 4.79 Å². The fourth-order valence-corrected chi connectivity index (χ4v) is 2.48. The predicted octanol–water partition coefficient (Wildman–Crippen LogP) is 2.88. The Morgan fingerprint density at radius 2 is 1.92 bits per heavy atom. The lowest BCUT2D eigenvalue weighted by atomic mass is 10.1. The van der Waals surface area contributed by atoms with Crippen molar-refractivity contribution >= 4 is 17.0 Å². The maximum Gasteiger partial charge on any atom is 0.224 e. The van der Waals surface area contributed by atoms with Crippen LogP contribution >= 0.6 is 0 Å². The van der Waals surface area contributed by atoms with Crippen molar-refractivity contribution < 1.29 is 18.7 Å². The van der Waals surface area contributed by atoms with Crippen molar-refractivity contribution in [3.8, 4) is 11.5 Å². The lowest BCUT2D eigenvalue weighted by Gasteiger charge is -2.08. The number of aryl methyl sites for hydroxylation is 1. The van der Waals surface area contributed by atoms with Crippen LogP contribution in [0.5, 0.6) is 11.5 Å². The van der Waals surface area contributed by atoms with Gasteiger partial charge in [-0.15, -0.1) is 0 Å². The van der Waals surface area contributed by atoms with E-state index in [1.807, 2.05) is 42.5 Å². The number of aromatic nitrogens is 1. The van der Waals surface area contributed by atoms with E-state index < -0.39 is 0 Å². The van der Waals surface area contributed by atoms with Gasteiger partial charge in [0, 0.05) is 6.92 Å². The summed E-state index contributed by atoms with van der Waals surface area (Å²) >= 11 is 0. The van der Waals surface area contributed by atoms with Crippen LogP contribution in [0.15, 0.2) is 46.9 Å². The van der Waals surface area contributed by atoms with Gasteiger partial charge in [0.1, 0.15) is 23.6 Å². The molecule has 0 spiro atoms. The van der Waals surface area contributed by atoms with Crippen molar-refractivity contribution in [3.63, 3.8) is 0 Å². The Kier molecular flexibility index (Phi) is 5.18. The molecule has 3 rings (SSSR count). The normalized spacial score (nSPS) is 10.6. The van der Waals surface area contributed by atoms with Crippen molar-refractivity contribution in [2.45, 2.75) is 13.3 Å². The molecule has 1 heterocycles. The maximum absolute atomic E-state index is 12.0. The van der Waals surface area contributed by atoms with Gasteiger partial charge in [-0.2, -0.15) is 0 Å². The van der Waals surface area contributed by atoms with E-state index in [1.165, 1.54) is 0 Å². The molecule has 3 aromatic rings. The van der Waals surface area contributed by atoms with Crippen LogP contribution < -0.4 is 14.8 Å². The molecule has 0 saturated heterocycles. The van der Waals surface area contributed by atoms with E-state index in [-0.39, 0.29) is 5.91 Å². The summed E-state index contributed by atoms with van der Waals surface area (Å²) in [6.45, 7) is 2.64. The van der Waals surface area contributed by atoms with Crippen LogP contribution in [0, 0.1) is 6.92 Å². The summed E-state index contributed by atoms with van der Waals surface area (Å²) in [6, 6.07) is 12.9. The van der Waals surface area contributed by atoms with Crippen LogP contribution in [0.25, 0.3) is 11.1 Å². The van der Waals surface area contributed by atoms with Crippen molar-refractivity contribution in [3.05, 3.63) is 53.9 Å². The number of nitrogens with zero attached hydrogens (tertiary/aromatic N) is 1. The van der Waals surface area contributed by atoms with Crippen LogP contribution in [0.3, 0.4) is 0 Å². The van der Waals surface area contributed by atoms with Gasteiger partial charge in [-0.1, -0.05) is 6.07 Å². The number of hydrogen-bond donors (Lipinski definition) is 1. The highest BCUT2D eigenvalue weighted by molar-refractivity contribution is 5.81. The molecule has 1 N–H and O–H groups in total. The minimum atomic E-state index is -0.0575. The van der Waals surface area contributed by atoms with Gasteiger partial charge in [0.2, 0.25) is 5.91 Å². The van der Waals surface area contributed by atoms with Crippen LogP contribution in [0.1, 0.15) is 11.5 Å². The Balaban J connectivity index is 1.43. The number of hydrogen-bond acceptors (Lipinski definition) is 5. The quantitative estimate of drug-likeness (QED) is 0.670. The number of amides is 1. The van der Waals surface area contributed by atoms with Crippen molar-refractivity contribution in [1.29, 1.82) is 0 Å². The Labute approximate surface area is 145 Å². The first-order valence-corrected chi connectivity index (χ1v) is 8.03. The van der Waals surface area contributed by atoms with Crippen molar-refractivity contribution in [2.75, 3.05) is 20.3 Å². The summed E-state index contributed by atoms with van der Waals surface area (Å²) in [5.41, 5.74) is 2.40. The Morgan fingerprint density at radius 1 is 1.16 bits per heavy atom. The summed E-state index contributed by atoms with van der Waals surface area (Å²) in [5, 5.41) is 2.84. The van der Waals surface area contributed by atoms with Crippen LogP contribution in [0.4, 0.5) is 0 Å². The number of methoxy groups -OCH3 is 1. The number of ether oxygens (including phenoxy) is 2. The highest BCUT2D eigenvalue weighted by Crippen LogP contribution is 2.17. The minimum absolute atomic E-state index is 0.0575. The van der Waals surface area contributed by atoms with Crippen molar-refractivity contribution in [2.24, 2.45) is 0 Å². The summed E-state index contributed by atoms with van der Waals surface area (Å²) in [7, 11) is 1.62. The summed E-state index contributed by atoms with van der Waals surface area (Å²) < 4.78 is 16.1. The first-order valence-electron chi connectivity index (χ1n) is 8.03. The smallest absolute Gasteiger partial charge is 0.224 e. The Hall–Kier alpha value is -3.02. The number of carbonyl (C=O) groups is 1. The molecule has 0 fully saturated rings. The molecule has 2 aromatic carbocycles. The fraction of sp³-hybridized carbons (Fsp3) is 0.263. The topological polar surface area (TPSA) is 73.6 Å². The SMILES string of the molecule is COc1ccc(OCCNC(=O)Cc2ccc3oc(C)nc3c2)cc1. The highest BCUT2D eigenvalue weighted by Gasteiger charge is 2.07. The van der Waals surface area contributed by atoms with Gasteiger partial charge in [0.25, 0.3) is 0 Å². The average molecular weight is 340 g/mol. The highest BCUT2D eigenvalue weighted by atomic mass is 16.5. The molecular weight excluding hydrogens is 320 g/mol. The zero-order valence-corrected chi connectivity index (χ0v) is 14.2. The van der Waals surface area contributed by atoms with E-state index in [0.717, 1.165) is 28.2 Å². The summed E-state index contributed by atoms with van der Waals surface area (Å²) in [5.74, 6) is 2.08. The van der Waals surface area contributed by atoms with Crippen LogP contribution in [0.2, 0.25) is 0 Å². The number of rotatable bonds is 7. The third kappa shape index (κ3) is 4.50. The number of oxazole rings is 1. The maximum atomic E-state index is 12.0. The minimum Gasteiger partial charge on any atom is -0.497 e. The first kappa shape index (κ1) is 16.8. The first-order chi connectivity index (χ1) is 12.1. The van der Waals surface area contributed by atoms with Gasteiger partial charge in [0.15, 0.2) is 11.5 Å². The number of nitrogens with one attached hydrogen (secondary N) is 1. The third-order valence-corrected chi connectivity index (χ3v) is 3.68. The molecule has 0 bridgehead atoms. The molecule has 25 heavy (non-hydrogen) atoms.